The van der Waals surface area contributed by atoms with E-state index in [1.807, 2.05) is 0 Å². The number of sulfonamides is 1. The Bertz CT molecular complexity index is 1580. The highest BCUT2D eigenvalue weighted by Crippen LogP contribution is 2.44. The maximum Gasteiger partial charge on any atom is 0.414 e. The van der Waals surface area contributed by atoms with Crippen LogP contribution in [0.2, 0.25) is 0 Å². The molecule has 40 heavy (non-hydrogen) atoms. The molecule has 216 valence electrons. The van der Waals surface area contributed by atoms with E-state index in [1.54, 1.807) is 32.9 Å². The zero-order valence-corrected chi connectivity index (χ0v) is 24.8. The van der Waals surface area contributed by atoms with Crippen molar-refractivity contribution in [1.29, 1.82) is 0 Å². The van der Waals surface area contributed by atoms with Crippen molar-refractivity contribution >= 4 is 43.3 Å². The maximum atomic E-state index is 13.9. The first-order chi connectivity index (χ1) is 18.6. The second-order valence-corrected chi connectivity index (χ2v) is 14.6. The van der Waals surface area contributed by atoms with E-state index in [0.29, 0.717) is 36.2 Å². The molecule has 10 nitrogen and oxygen atoms in total. The first-order valence-electron chi connectivity index (χ1n) is 12.9. The van der Waals surface area contributed by atoms with Crippen LogP contribution < -0.4 is 4.72 Å². The molecule has 0 radical (unpaired) electrons. The number of esters is 1. The van der Waals surface area contributed by atoms with Crippen LogP contribution in [0.25, 0.3) is 5.70 Å². The smallest absolute Gasteiger partial charge is 0.414 e. The number of allylic oxidation sites excluding steroid dienone is 1. The maximum absolute atomic E-state index is 13.9. The Morgan fingerprint density at radius 2 is 1.73 bits per heavy atom. The van der Waals surface area contributed by atoms with Crippen LogP contribution in [0.3, 0.4) is 0 Å². The summed E-state index contributed by atoms with van der Waals surface area (Å²) in [7, 11) is -6.81. The molecule has 1 heterocycles. The van der Waals surface area contributed by atoms with Gasteiger partial charge in [-0.1, -0.05) is 12.1 Å². The number of nitrogens with zero attached hydrogens (tertiary/aromatic N) is 1. The van der Waals surface area contributed by atoms with Crippen molar-refractivity contribution in [2.75, 3.05) is 24.6 Å². The molecule has 12 heteroatoms. The molecule has 1 fully saturated rings. The lowest BCUT2D eigenvalue weighted by atomic mass is 10.0. The summed E-state index contributed by atoms with van der Waals surface area (Å²) in [5.41, 5.74) is 0.586. The van der Waals surface area contributed by atoms with Crippen molar-refractivity contribution in [1.82, 2.24) is 4.90 Å². The minimum atomic E-state index is -4.32. The van der Waals surface area contributed by atoms with Crippen molar-refractivity contribution in [3.63, 3.8) is 0 Å². The quantitative estimate of drug-likeness (QED) is 0.449. The Hall–Kier alpha value is -3.38. The lowest BCUT2D eigenvalue weighted by molar-refractivity contribution is 0.0346. The Balaban J connectivity index is 1.83. The van der Waals surface area contributed by atoms with Gasteiger partial charge >= 0.3 is 12.1 Å². The zero-order chi connectivity index (χ0) is 29.5. The Labute approximate surface area is 235 Å². The summed E-state index contributed by atoms with van der Waals surface area (Å²) >= 11 is 0. The molecule has 2 aliphatic rings. The second kappa shape index (κ2) is 10.9. The fourth-order valence-electron chi connectivity index (χ4n) is 4.49. The molecule has 1 N–H and O–H groups in total. The second-order valence-electron chi connectivity index (χ2n) is 11.0. The monoisotopic (exact) mass is 590 g/mol. The number of carbonyl (C=O) groups excluding carboxylic acids is 2. The molecule has 0 bridgehead atoms. The molecule has 0 saturated heterocycles. The molecule has 0 spiro atoms. The standard InChI is InChI=1S/C28H34N2O8S2/c1-28(2,3)38-27(32)30-15-7-6-8-24(30)22-14-12-20(39(5,33)34)17-23(22)29-40(35,36)25-16-19(26(31)37-4)11-13-21(25)18-9-10-18/h8,11-14,16-18,29H,6-7,9-10,15H2,1-5H3. The molecule has 2 aromatic carbocycles. The third-order valence-corrected chi connectivity index (χ3v) is 9.04. The summed E-state index contributed by atoms with van der Waals surface area (Å²) in [6.45, 7) is 5.59. The van der Waals surface area contributed by atoms with E-state index >= 15 is 0 Å². The van der Waals surface area contributed by atoms with E-state index in [1.165, 1.54) is 42.3 Å². The average Bonchev–Trinajstić information content (AvgIpc) is 3.71. The third-order valence-electron chi connectivity index (χ3n) is 6.51. The number of methoxy groups -OCH3 is 1. The van der Waals surface area contributed by atoms with E-state index < -0.39 is 37.5 Å². The number of carbonyl (C=O) groups is 2. The highest BCUT2D eigenvalue weighted by atomic mass is 32.2. The molecule has 1 aliphatic carbocycles. The molecule has 1 amide bonds. The molecular weight excluding hydrogens is 556 g/mol. The van der Waals surface area contributed by atoms with E-state index in [-0.39, 0.29) is 27.0 Å². The molecule has 0 aromatic heterocycles. The van der Waals surface area contributed by atoms with Gasteiger partial charge in [0.15, 0.2) is 9.84 Å². The van der Waals surface area contributed by atoms with Gasteiger partial charge in [0, 0.05) is 18.4 Å². The fraction of sp³-hybridized carbons (Fsp3) is 0.429. The van der Waals surface area contributed by atoms with Crippen molar-refractivity contribution in [2.45, 2.75) is 67.8 Å². The van der Waals surface area contributed by atoms with Crippen LogP contribution in [0.1, 0.15) is 73.9 Å². The van der Waals surface area contributed by atoms with E-state index in [0.717, 1.165) is 19.1 Å². The topological polar surface area (TPSA) is 136 Å². The summed E-state index contributed by atoms with van der Waals surface area (Å²) in [4.78, 5) is 26.5. The van der Waals surface area contributed by atoms with Crippen LogP contribution in [0.5, 0.6) is 0 Å². The normalized spacial score (nSPS) is 16.2. The van der Waals surface area contributed by atoms with Crippen LogP contribution in [-0.4, -0.2) is 59.3 Å². The van der Waals surface area contributed by atoms with Crippen LogP contribution >= 0.6 is 0 Å². The highest BCUT2D eigenvalue weighted by molar-refractivity contribution is 7.92. The van der Waals surface area contributed by atoms with Gasteiger partial charge in [0.05, 0.1) is 33.8 Å². The van der Waals surface area contributed by atoms with Gasteiger partial charge in [0.25, 0.3) is 10.0 Å². The summed E-state index contributed by atoms with van der Waals surface area (Å²) in [5, 5.41) is 0. The van der Waals surface area contributed by atoms with Crippen LogP contribution in [-0.2, 0) is 29.3 Å². The number of ether oxygens (including phenoxy) is 2. The number of rotatable bonds is 7. The van der Waals surface area contributed by atoms with E-state index in [4.69, 9.17) is 9.47 Å². The lowest BCUT2D eigenvalue weighted by Gasteiger charge is -2.32. The SMILES string of the molecule is COC(=O)c1ccc(C2CC2)c(S(=O)(=O)Nc2cc(S(C)(=O)=O)ccc2C2=CCCCN2C(=O)OC(C)(C)C)c1. The highest BCUT2D eigenvalue weighted by Gasteiger charge is 2.33. The first kappa shape index (κ1) is 29.6. The van der Waals surface area contributed by atoms with Crippen molar-refractivity contribution in [2.24, 2.45) is 0 Å². The predicted molar refractivity (Wildman–Crippen MR) is 150 cm³/mol. The Morgan fingerprint density at radius 3 is 2.33 bits per heavy atom. The lowest BCUT2D eigenvalue weighted by Crippen LogP contribution is -2.37. The van der Waals surface area contributed by atoms with Gasteiger partial charge in [0.2, 0.25) is 0 Å². The number of anilines is 1. The Kier molecular flexibility index (Phi) is 8.06. The summed E-state index contributed by atoms with van der Waals surface area (Å²) in [6, 6.07) is 8.51. The molecule has 4 rings (SSSR count). The molecule has 0 unspecified atom stereocenters. The number of hydrogen-bond donors (Lipinski definition) is 1. The van der Waals surface area contributed by atoms with Gasteiger partial charge in [-0.2, -0.15) is 0 Å². The van der Waals surface area contributed by atoms with Gasteiger partial charge < -0.3 is 9.47 Å². The first-order valence-corrected chi connectivity index (χ1v) is 16.3. The summed E-state index contributed by atoms with van der Waals surface area (Å²) < 4.78 is 65.5. The third kappa shape index (κ3) is 6.67. The largest absolute Gasteiger partial charge is 0.465 e. The number of hydrogen-bond acceptors (Lipinski definition) is 8. The van der Waals surface area contributed by atoms with E-state index in [2.05, 4.69) is 4.72 Å². The summed E-state index contributed by atoms with van der Waals surface area (Å²) in [5.74, 6) is -0.650. The van der Waals surface area contributed by atoms with Crippen molar-refractivity contribution < 1.29 is 35.9 Å². The number of sulfone groups is 1. The zero-order valence-electron chi connectivity index (χ0n) is 23.2. The van der Waals surface area contributed by atoms with Crippen molar-refractivity contribution in [3.8, 4) is 0 Å². The van der Waals surface area contributed by atoms with E-state index in [9.17, 15) is 26.4 Å². The van der Waals surface area contributed by atoms with Gasteiger partial charge in [-0.25, -0.2) is 26.4 Å². The van der Waals surface area contributed by atoms with Gasteiger partial charge in [-0.05, 0) is 88.3 Å². The minimum absolute atomic E-state index is 0.0187. The molecule has 0 atom stereocenters. The Morgan fingerprint density at radius 1 is 1.02 bits per heavy atom. The van der Waals surface area contributed by atoms with Crippen LogP contribution in [0.15, 0.2) is 52.3 Å². The molecule has 1 saturated carbocycles. The van der Waals surface area contributed by atoms with Gasteiger partial charge in [-0.15, -0.1) is 0 Å². The average molecular weight is 591 g/mol. The number of amides is 1. The van der Waals surface area contributed by atoms with Crippen molar-refractivity contribution in [3.05, 3.63) is 59.2 Å². The minimum Gasteiger partial charge on any atom is -0.465 e. The molecule has 2 aromatic rings. The van der Waals surface area contributed by atoms with Gasteiger partial charge in [0.1, 0.15) is 5.60 Å². The summed E-state index contributed by atoms with van der Waals surface area (Å²) in [6.07, 6.45) is 5.16. The molecule has 1 aliphatic heterocycles. The fourth-order valence-corrected chi connectivity index (χ4v) is 6.53. The number of nitrogens with one attached hydrogen (secondary N) is 1. The number of benzene rings is 2. The van der Waals surface area contributed by atoms with Gasteiger partial charge in [-0.3, -0.25) is 9.62 Å². The van der Waals surface area contributed by atoms with Crippen LogP contribution in [0.4, 0.5) is 10.5 Å². The molecular formula is C28H34N2O8S2. The predicted octanol–water partition coefficient (Wildman–Crippen LogP) is 4.93. The van der Waals surface area contributed by atoms with Crippen LogP contribution in [0, 0.1) is 0 Å².